The van der Waals surface area contributed by atoms with E-state index >= 15 is 0 Å². The molecule has 0 amide bonds. The summed E-state index contributed by atoms with van der Waals surface area (Å²) in [6.45, 7) is 0. The van der Waals surface area contributed by atoms with Gasteiger partial charge in [-0.15, -0.1) is 0 Å². The zero-order valence-corrected chi connectivity index (χ0v) is 11.0. The van der Waals surface area contributed by atoms with E-state index in [0.29, 0.717) is 11.6 Å². The third-order valence-electron chi connectivity index (χ3n) is 2.92. The van der Waals surface area contributed by atoms with Crippen molar-refractivity contribution in [3.05, 3.63) is 72.6 Å². The number of hydrogen-bond donors (Lipinski definition) is 1. The molecule has 0 saturated heterocycles. The van der Waals surface area contributed by atoms with E-state index in [0.717, 1.165) is 0 Å². The fourth-order valence-electron chi connectivity index (χ4n) is 1.96. The number of carbonyl (C=O) groups is 1. The van der Waals surface area contributed by atoms with E-state index in [1.807, 2.05) is 24.3 Å². The van der Waals surface area contributed by atoms with Crippen LogP contribution in [0.1, 0.15) is 10.4 Å². The second kappa shape index (κ2) is 5.50. The molecule has 0 atom stereocenters. The molecule has 1 aromatic carbocycles. The highest BCUT2D eigenvalue weighted by molar-refractivity contribution is 5.90. The predicted octanol–water partition coefficient (Wildman–Crippen LogP) is 3.36. The summed E-state index contributed by atoms with van der Waals surface area (Å²) in [5.41, 5.74) is 0.0875. The molecule has 2 heterocycles. The van der Waals surface area contributed by atoms with Gasteiger partial charge in [-0.25, -0.2) is 9.78 Å². The minimum atomic E-state index is -1.05. The van der Waals surface area contributed by atoms with E-state index in [-0.39, 0.29) is 11.4 Å². The summed E-state index contributed by atoms with van der Waals surface area (Å²) in [7, 11) is 0. The van der Waals surface area contributed by atoms with Gasteiger partial charge in [0.05, 0.1) is 0 Å². The molecule has 0 aliphatic heterocycles. The minimum absolute atomic E-state index is 0.0875. The maximum atomic E-state index is 11.3. The molecule has 2 aromatic heterocycles. The van der Waals surface area contributed by atoms with Crippen LogP contribution >= 0.6 is 0 Å². The number of hydrogen-bond acceptors (Lipinski definition) is 3. The highest BCUT2D eigenvalue weighted by Gasteiger charge is 2.18. The Morgan fingerprint density at radius 2 is 1.81 bits per heavy atom. The summed E-state index contributed by atoms with van der Waals surface area (Å²) in [5.74, 6) is 0.342. The van der Waals surface area contributed by atoms with E-state index in [9.17, 15) is 9.90 Å². The quantitative estimate of drug-likeness (QED) is 0.795. The lowest BCUT2D eigenvalue weighted by atomic mass is 10.3. The van der Waals surface area contributed by atoms with Gasteiger partial charge in [-0.1, -0.05) is 24.3 Å². The Bertz CT molecular complexity index is 752. The van der Waals surface area contributed by atoms with Crippen LogP contribution in [0.4, 0.5) is 0 Å². The maximum Gasteiger partial charge on any atom is 0.341 e. The summed E-state index contributed by atoms with van der Waals surface area (Å²) in [6.07, 6.45) is 3.27. The molecule has 0 aliphatic carbocycles. The lowest BCUT2D eigenvalue weighted by Crippen LogP contribution is -2.03. The van der Waals surface area contributed by atoms with Crippen molar-refractivity contribution in [1.82, 2.24) is 9.55 Å². The highest BCUT2D eigenvalue weighted by Crippen LogP contribution is 2.28. The van der Waals surface area contributed by atoms with Gasteiger partial charge in [0, 0.05) is 12.4 Å². The van der Waals surface area contributed by atoms with Gasteiger partial charge < -0.3 is 9.84 Å². The Balaban J connectivity index is 2.08. The van der Waals surface area contributed by atoms with Crippen LogP contribution in [0.25, 0.3) is 5.82 Å². The second-order valence-electron chi connectivity index (χ2n) is 4.31. The molecule has 0 spiro atoms. The van der Waals surface area contributed by atoms with Gasteiger partial charge >= 0.3 is 5.97 Å². The third kappa shape index (κ3) is 2.62. The van der Waals surface area contributed by atoms with Crippen LogP contribution in [0.15, 0.2) is 67.0 Å². The first kappa shape index (κ1) is 12.9. The summed E-state index contributed by atoms with van der Waals surface area (Å²) in [6, 6.07) is 15.9. The molecule has 5 heteroatoms. The van der Waals surface area contributed by atoms with Crippen LogP contribution in [-0.2, 0) is 0 Å². The molecule has 0 radical (unpaired) electrons. The van der Waals surface area contributed by atoms with Gasteiger partial charge in [-0.2, -0.15) is 0 Å². The van der Waals surface area contributed by atoms with Crippen molar-refractivity contribution in [2.45, 2.75) is 0 Å². The summed E-state index contributed by atoms with van der Waals surface area (Å²) < 4.78 is 7.35. The number of rotatable bonds is 4. The number of nitrogens with zero attached hydrogens (tertiary/aromatic N) is 2. The summed E-state index contributed by atoms with van der Waals surface area (Å²) in [5, 5.41) is 9.29. The molecule has 0 saturated carbocycles. The van der Waals surface area contributed by atoms with Crippen LogP contribution in [0.5, 0.6) is 11.6 Å². The Kier molecular flexibility index (Phi) is 3.39. The van der Waals surface area contributed by atoms with Gasteiger partial charge in [-0.05, 0) is 30.3 Å². The van der Waals surface area contributed by atoms with E-state index in [1.54, 1.807) is 41.2 Å². The maximum absolute atomic E-state index is 11.3. The summed E-state index contributed by atoms with van der Waals surface area (Å²) >= 11 is 0. The number of benzene rings is 1. The third-order valence-corrected chi connectivity index (χ3v) is 2.92. The van der Waals surface area contributed by atoms with E-state index in [4.69, 9.17) is 4.74 Å². The molecule has 3 aromatic rings. The van der Waals surface area contributed by atoms with Gasteiger partial charge in [0.1, 0.15) is 17.1 Å². The van der Waals surface area contributed by atoms with Crippen molar-refractivity contribution in [1.29, 1.82) is 0 Å². The number of ether oxygens (including phenoxy) is 1. The number of carboxylic acid groups (broad SMARTS) is 1. The fraction of sp³-hybridized carbons (Fsp3) is 0. The second-order valence-corrected chi connectivity index (χ2v) is 4.31. The van der Waals surface area contributed by atoms with Crippen molar-refractivity contribution in [3.8, 4) is 17.4 Å². The number of aromatic carboxylic acids is 1. The van der Waals surface area contributed by atoms with Crippen LogP contribution in [0.3, 0.4) is 0 Å². The van der Waals surface area contributed by atoms with Gasteiger partial charge in [0.15, 0.2) is 0 Å². The molecule has 0 bridgehead atoms. The van der Waals surface area contributed by atoms with Crippen molar-refractivity contribution >= 4 is 5.97 Å². The monoisotopic (exact) mass is 280 g/mol. The molecular weight excluding hydrogens is 268 g/mol. The topological polar surface area (TPSA) is 64.3 Å². The van der Waals surface area contributed by atoms with Crippen LogP contribution in [-0.4, -0.2) is 20.6 Å². The van der Waals surface area contributed by atoms with Gasteiger partial charge in [-0.3, -0.25) is 4.57 Å². The van der Waals surface area contributed by atoms with Gasteiger partial charge in [0.2, 0.25) is 5.88 Å². The number of pyridine rings is 1. The van der Waals surface area contributed by atoms with E-state index < -0.39 is 5.97 Å². The molecule has 0 unspecified atom stereocenters. The van der Waals surface area contributed by atoms with Gasteiger partial charge in [0.25, 0.3) is 0 Å². The van der Waals surface area contributed by atoms with Crippen LogP contribution in [0, 0.1) is 0 Å². The Morgan fingerprint density at radius 1 is 1.05 bits per heavy atom. The molecule has 21 heavy (non-hydrogen) atoms. The fourth-order valence-corrected chi connectivity index (χ4v) is 1.96. The first-order valence-electron chi connectivity index (χ1n) is 6.34. The minimum Gasteiger partial charge on any atom is -0.477 e. The van der Waals surface area contributed by atoms with Crippen molar-refractivity contribution in [2.24, 2.45) is 0 Å². The average Bonchev–Trinajstić information content (AvgIpc) is 2.93. The lowest BCUT2D eigenvalue weighted by Gasteiger charge is -2.10. The smallest absolute Gasteiger partial charge is 0.341 e. The largest absolute Gasteiger partial charge is 0.477 e. The van der Waals surface area contributed by atoms with Crippen molar-refractivity contribution < 1.29 is 14.6 Å². The average molecular weight is 280 g/mol. The molecule has 0 aliphatic rings. The Hall–Kier alpha value is -3.08. The van der Waals surface area contributed by atoms with Crippen molar-refractivity contribution in [3.63, 3.8) is 0 Å². The predicted molar refractivity (Wildman–Crippen MR) is 77.0 cm³/mol. The van der Waals surface area contributed by atoms with E-state index in [2.05, 4.69) is 4.98 Å². The zero-order chi connectivity index (χ0) is 14.7. The zero-order valence-electron chi connectivity index (χ0n) is 11.0. The Labute approximate surface area is 121 Å². The molecule has 104 valence electrons. The highest BCUT2D eigenvalue weighted by atomic mass is 16.5. The molecular formula is C16H12N2O3. The summed E-state index contributed by atoms with van der Waals surface area (Å²) in [4.78, 5) is 15.6. The Morgan fingerprint density at radius 3 is 2.48 bits per heavy atom. The standard InChI is InChI=1S/C16H12N2O3/c19-16(20)13-9-11-18(14-8-4-5-10-17-14)15(13)21-12-6-2-1-3-7-12/h1-11H,(H,19,20). The molecule has 1 N–H and O–H groups in total. The van der Waals surface area contributed by atoms with Crippen molar-refractivity contribution in [2.75, 3.05) is 0 Å². The van der Waals surface area contributed by atoms with Crippen LogP contribution < -0.4 is 4.74 Å². The normalized spacial score (nSPS) is 10.3. The number of aromatic nitrogens is 2. The molecule has 3 rings (SSSR count). The van der Waals surface area contributed by atoms with Crippen LogP contribution in [0.2, 0.25) is 0 Å². The molecule has 0 fully saturated rings. The lowest BCUT2D eigenvalue weighted by molar-refractivity contribution is 0.0694. The first-order valence-corrected chi connectivity index (χ1v) is 6.34. The SMILES string of the molecule is O=C(O)c1ccn(-c2ccccn2)c1Oc1ccccc1. The first-order chi connectivity index (χ1) is 10.3. The number of carboxylic acids is 1. The van der Waals surface area contributed by atoms with E-state index in [1.165, 1.54) is 6.07 Å². The number of para-hydroxylation sites is 1. The molecule has 5 nitrogen and oxygen atoms in total.